The number of hydrogen-bond donors (Lipinski definition) is 1. The number of ether oxygens (including phenoxy) is 2. The molecule has 2 heterocycles. The molecular formula is C18H24N2O5S. The molecule has 0 radical (unpaired) electrons. The molecule has 0 spiro atoms. The van der Waals surface area contributed by atoms with Crippen LogP contribution in [0.1, 0.15) is 31.2 Å². The number of hydroxylamine groups is 1. The summed E-state index contributed by atoms with van der Waals surface area (Å²) in [5.74, 6) is 1.42. The number of nitrogens with zero attached hydrogens (tertiary/aromatic N) is 1. The molecule has 1 atom stereocenters. The molecule has 1 saturated carbocycles. The van der Waals surface area contributed by atoms with E-state index in [1.165, 1.54) is 23.4 Å². The van der Waals surface area contributed by atoms with Crippen LogP contribution in [-0.2, 0) is 14.9 Å². The minimum absolute atomic E-state index is 0.226. The molecule has 1 unspecified atom stereocenters. The van der Waals surface area contributed by atoms with Crippen LogP contribution in [0.4, 0.5) is 0 Å². The highest BCUT2D eigenvalue weighted by atomic mass is 32.2. The predicted molar refractivity (Wildman–Crippen MR) is 97.2 cm³/mol. The molecule has 1 aliphatic carbocycles. The summed E-state index contributed by atoms with van der Waals surface area (Å²) in [5.41, 5.74) is 5.65. The van der Waals surface area contributed by atoms with E-state index in [1.807, 2.05) is 18.2 Å². The minimum Gasteiger partial charge on any atom is -0.493 e. The molecule has 2 fully saturated rings. The van der Waals surface area contributed by atoms with Gasteiger partial charge in [0.1, 0.15) is 6.10 Å². The van der Waals surface area contributed by atoms with Gasteiger partial charge in [-0.3, -0.25) is 10.3 Å². The van der Waals surface area contributed by atoms with Crippen molar-refractivity contribution < 1.29 is 22.7 Å². The van der Waals surface area contributed by atoms with E-state index in [0.29, 0.717) is 24.6 Å². The highest BCUT2D eigenvalue weighted by molar-refractivity contribution is 7.88. The Balaban J connectivity index is 1.64. The van der Waals surface area contributed by atoms with E-state index in [9.17, 15) is 8.42 Å². The molecule has 1 N–H and O–H groups in total. The van der Waals surface area contributed by atoms with E-state index < -0.39 is 10.0 Å². The van der Waals surface area contributed by atoms with Crippen molar-refractivity contribution in [3.8, 4) is 11.5 Å². The van der Waals surface area contributed by atoms with Gasteiger partial charge in [-0.25, -0.2) is 8.42 Å². The van der Waals surface area contributed by atoms with Crippen LogP contribution in [0, 0.1) is 0 Å². The molecule has 4 rings (SSSR count). The Morgan fingerprint density at radius 2 is 2.00 bits per heavy atom. The van der Waals surface area contributed by atoms with Crippen molar-refractivity contribution in [3.05, 3.63) is 29.3 Å². The standard InChI is InChI=1S/C18H24N2O5S/c1-23-15-8-7-12(9-16(15)24-13-5-3-4-6-13)18-14-10-20(26(2,21)22)11-17(14)25-19-18/h7-9,13,17,19H,3-6,10-11H2,1-2H3. The molecule has 7 nitrogen and oxygen atoms in total. The van der Waals surface area contributed by atoms with Crippen molar-refractivity contribution in [1.29, 1.82) is 0 Å². The van der Waals surface area contributed by atoms with E-state index in [-0.39, 0.29) is 12.2 Å². The third-order valence-electron chi connectivity index (χ3n) is 5.25. The van der Waals surface area contributed by atoms with Gasteiger partial charge in [0.2, 0.25) is 10.0 Å². The lowest BCUT2D eigenvalue weighted by atomic mass is 10.0. The molecule has 26 heavy (non-hydrogen) atoms. The van der Waals surface area contributed by atoms with Crippen molar-refractivity contribution in [2.24, 2.45) is 0 Å². The van der Waals surface area contributed by atoms with Crippen LogP contribution in [0.5, 0.6) is 11.5 Å². The van der Waals surface area contributed by atoms with Gasteiger partial charge in [0.05, 0.1) is 25.2 Å². The zero-order valence-corrected chi connectivity index (χ0v) is 15.8. The number of benzene rings is 1. The monoisotopic (exact) mass is 380 g/mol. The van der Waals surface area contributed by atoms with E-state index in [0.717, 1.165) is 29.7 Å². The quantitative estimate of drug-likeness (QED) is 0.841. The maximum atomic E-state index is 11.8. The summed E-state index contributed by atoms with van der Waals surface area (Å²) in [6.07, 6.45) is 5.72. The number of fused-ring (bicyclic) bond motifs is 1. The first kappa shape index (κ1) is 17.6. The second kappa shape index (κ2) is 6.75. The van der Waals surface area contributed by atoms with Crippen LogP contribution in [0.15, 0.2) is 23.8 Å². The average Bonchev–Trinajstić information content (AvgIpc) is 3.30. The van der Waals surface area contributed by atoms with Crippen molar-refractivity contribution in [3.63, 3.8) is 0 Å². The Kier molecular flexibility index (Phi) is 4.58. The third-order valence-corrected chi connectivity index (χ3v) is 6.46. The minimum atomic E-state index is -3.24. The van der Waals surface area contributed by atoms with Gasteiger partial charge in [0, 0.05) is 24.2 Å². The summed E-state index contributed by atoms with van der Waals surface area (Å²) in [4.78, 5) is 5.60. The molecule has 8 heteroatoms. The first-order valence-electron chi connectivity index (χ1n) is 8.90. The summed E-state index contributed by atoms with van der Waals surface area (Å²) in [5, 5.41) is 0. The van der Waals surface area contributed by atoms with Crippen molar-refractivity contribution in [2.45, 2.75) is 37.9 Å². The lowest BCUT2D eigenvalue weighted by molar-refractivity contribution is 0.0507. The van der Waals surface area contributed by atoms with Crippen LogP contribution in [0.3, 0.4) is 0 Å². The Morgan fingerprint density at radius 3 is 2.69 bits per heavy atom. The van der Waals surface area contributed by atoms with Crippen molar-refractivity contribution in [1.82, 2.24) is 9.79 Å². The van der Waals surface area contributed by atoms with Crippen LogP contribution in [0.2, 0.25) is 0 Å². The summed E-state index contributed by atoms with van der Waals surface area (Å²) in [6.45, 7) is 0.683. The Bertz CT molecular complexity index is 830. The van der Waals surface area contributed by atoms with Gasteiger partial charge in [-0.1, -0.05) is 0 Å². The fraction of sp³-hybridized carbons (Fsp3) is 0.556. The molecular weight excluding hydrogens is 356 g/mol. The van der Waals surface area contributed by atoms with Crippen LogP contribution in [-0.4, -0.2) is 51.4 Å². The normalized spacial score (nSPS) is 24.0. The van der Waals surface area contributed by atoms with Gasteiger partial charge in [0.15, 0.2) is 11.5 Å². The predicted octanol–water partition coefficient (Wildman–Crippen LogP) is 1.91. The Hall–Kier alpha value is -1.77. The second-order valence-electron chi connectivity index (χ2n) is 7.05. The lowest BCUT2D eigenvalue weighted by Crippen LogP contribution is -2.30. The number of hydrogen-bond acceptors (Lipinski definition) is 6. The summed E-state index contributed by atoms with van der Waals surface area (Å²) >= 11 is 0. The summed E-state index contributed by atoms with van der Waals surface area (Å²) in [6, 6.07) is 5.76. The fourth-order valence-electron chi connectivity index (χ4n) is 3.80. The fourth-order valence-corrected chi connectivity index (χ4v) is 4.58. The number of sulfonamides is 1. The lowest BCUT2D eigenvalue weighted by Gasteiger charge is -2.18. The molecule has 142 valence electrons. The van der Waals surface area contributed by atoms with Gasteiger partial charge in [-0.2, -0.15) is 4.31 Å². The molecule has 1 aromatic carbocycles. The Labute approximate surface area is 153 Å². The third kappa shape index (κ3) is 3.28. The SMILES string of the molecule is COc1ccc(C2=C3CN(S(C)(=O)=O)CC3ON2)cc1OC1CCCC1. The highest BCUT2D eigenvalue weighted by Crippen LogP contribution is 2.37. The molecule has 3 aliphatic rings. The van der Waals surface area contributed by atoms with Crippen molar-refractivity contribution in [2.75, 3.05) is 26.5 Å². The van der Waals surface area contributed by atoms with Gasteiger partial charge in [-0.05, 0) is 43.9 Å². The van der Waals surface area contributed by atoms with Gasteiger partial charge in [-0.15, -0.1) is 0 Å². The molecule has 0 bridgehead atoms. The van der Waals surface area contributed by atoms with Crippen LogP contribution < -0.4 is 15.0 Å². The summed E-state index contributed by atoms with van der Waals surface area (Å²) < 4.78 is 36.7. The number of nitrogens with one attached hydrogen (secondary N) is 1. The molecule has 0 aromatic heterocycles. The number of rotatable bonds is 5. The smallest absolute Gasteiger partial charge is 0.211 e. The first-order chi connectivity index (χ1) is 12.5. The van der Waals surface area contributed by atoms with Gasteiger partial charge in [0.25, 0.3) is 0 Å². The second-order valence-corrected chi connectivity index (χ2v) is 9.04. The maximum absolute atomic E-state index is 11.8. The average molecular weight is 380 g/mol. The maximum Gasteiger partial charge on any atom is 0.211 e. The highest BCUT2D eigenvalue weighted by Gasteiger charge is 2.39. The first-order valence-corrected chi connectivity index (χ1v) is 10.8. The zero-order valence-electron chi connectivity index (χ0n) is 15.0. The zero-order chi connectivity index (χ0) is 18.3. The Morgan fingerprint density at radius 1 is 1.23 bits per heavy atom. The van der Waals surface area contributed by atoms with Gasteiger partial charge >= 0.3 is 0 Å². The van der Waals surface area contributed by atoms with Gasteiger partial charge < -0.3 is 9.47 Å². The largest absolute Gasteiger partial charge is 0.493 e. The topological polar surface area (TPSA) is 77.1 Å². The van der Waals surface area contributed by atoms with E-state index in [4.69, 9.17) is 14.3 Å². The number of methoxy groups -OCH3 is 1. The van der Waals surface area contributed by atoms with E-state index in [1.54, 1.807) is 7.11 Å². The summed E-state index contributed by atoms with van der Waals surface area (Å²) in [7, 11) is -1.61. The van der Waals surface area contributed by atoms with Crippen molar-refractivity contribution >= 4 is 15.7 Å². The molecule has 0 amide bonds. The molecule has 1 saturated heterocycles. The van der Waals surface area contributed by atoms with E-state index in [2.05, 4.69) is 5.48 Å². The molecule has 2 aliphatic heterocycles. The molecule has 1 aromatic rings. The van der Waals surface area contributed by atoms with E-state index >= 15 is 0 Å². The van der Waals surface area contributed by atoms with Crippen LogP contribution in [0.25, 0.3) is 5.70 Å². The van der Waals surface area contributed by atoms with Crippen LogP contribution >= 0.6 is 0 Å².